The molecule has 1 aliphatic carbocycles. The Kier molecular flexibility index (Phi) is 8.76. The van der Waals surface area contributed by atoms with E-state index in [0.29, 0.717) is 19.3 Å². The zero-order valence-corrected chi connectivity index (χ0v) is 17.3. The molecule has 0 unspecified atom stereocenters. The molecule has 11 nitrogen and oxygen atoms in total. The molecule has 168 valence electrons. The van der Waals surface area contributed by atoms with Gasteiger partial charge in [0.05, 0.1) is 30.8 Å². The maximum absolute atomic E-state index is 12.4. The van der Waals surface area contributed by atoms with E-state index in [1.165, 1.54) is 19.1 Å². The maximum atomic E-state index is 12.4. The highest BCUT2D eigenvalue weighted by Gasteiger charge is 2.48. The standard InChI is InChI=1S/C18H35N5O6/c1-9(19)12-5-4-10(20)18(28-12)29-17-11(21)6-13(27-3)15(16(17)26)23(2)14(25)7-22-8-24/h8-13,15-18,26H,4-7,19-21H2,1-3H3,(H,22,24)/t9-,10+,11+,12-,13-,15+,16+,17+,18+/m0/s1. The van der Waals surface area contributed by atoms with Gasteiger partial charge in [-0.25, -0.2) is 0 Å². The highest BCUT2D eigenvalue weighted by atomic mass is 16.7. The number of nitrogens with one attached hydrogen (secondary N) is 1. The largest absolute Gasteiger partial charge is 0.388 e. The summed E-state index contributed by atoms with van der Waals surface area (Å²) < 4.78 is 17.4. The minimum Gasteiger partial charge on any atom is -0.388 e. The minimum absolute atomic E-state index is 0.182. The minimum atomic E-state index is -1.14. The van der Waals surface area contributed by atoms with Crippen LogP contribution in [0, 0.1) is 0 Å². The van der Waals surface area contributed by atoms with E-state index < -0.39 is 36.7 Å². The molecule has 0 bridgehead atoms. The van der Waals surface area contributed by atoms with Gasteiger partial charge in [0.2, 0.25) is 12.3 Å². The molecule has 8 N–H and O–H groups in total. The molecule has 0 aromatic carbocycles. The van der Waals surface area contributed by atoms with E-state index in [9.17, 15) is 14.7 Å². The second-order valence-electron chi connectivity index (χ2n) is 7.90. The van der Waals surface area contributed by atoms with Crippen LogP contribution in [0.2, 0.25) is 0 Å². The summed E-state index contributed by atoms with van der Waals surface area (Å²) in [5, 5.41) is 13.4. The Bertz CT molecular complexity index is 553. The highest BCUT2D eigenvalue weighted by molar-refractivity contribution is 5.80. The highest BCUT2D eigenvalue weighted by Crippen LogP contribution is 2.30. The molecule has 0 radical (unpaired) electrons. The number of amides is 2. The van der Waals surface area contributed by atoms with Crippen LogP contribution in [0.1, 0.15) is 26.2 Å². The Morgan fingerprint density at radius 2 is 2.07 bits per heavy atom. The van der Waals surface area contributed by atoms with Gasteiger partial charge in [-0.1, -0.05) is 0 Å². The van der Waals surface area contributed by atoms with Crippen LogP contribution in [0.3, 0.4) is 0 Å². The van der Waals surface area contributed by atoms with Crippen LogP contribution < -0.4 is 22.5 Å². The number of hydrogen-bond acceptors (Lipinski definition) is 9. The van der Waals surface area contributed by atoms with Gasteiger partial charge in [0.25, 0.3) is 0 Å². The van der Waals surface area contributed by atoms with Gasteiger partial charge in [0.1, 0.15) is 12.2 Å². The van der Waals surface area contributed by atoms with Crippen molar-refractivity contribution in [2.45, 2.75) is 81.1 Å². The summed E-state index contributed by atoms with van der Waals surface area (Å²) in [7, 11) is 3.03. The summed E-state index contributed by atoms with van der Waals surface area (Å²) in [6, 6.07) is -1.82. The Morgan fingerprint density at radius 1 is 1.38 bits per heavy atom. The number of carbonyl (C=O) groups is 2. The van der Waals surface area contributed by atoms with Crippen molar-refractivity contribution in [1.82, 2.24) is 10.2 Å². The molecule has 1 aliphatic heterocycles. The van der Waals surface area contributed by atoms with Crippen LogP contribution in [0.15, 0.2) is 0 Å². The number of rotatable bonds is 8. The van der Waals surface area contributed by atoms with E-state index >= 15 is 0 Å². The van der Waals surface area contributed by atoms with Gasteiger partial charge >= 0.3 is 0 Å². The van der Waals surface area contributed by atoms with Gasteiger partial charge in [0.15, 0.2) is 6.29 Å². The van der Waals surface area contributed by atoms with E-state index in [1.54, 1.807) is 0 Å². The number of likely N-dealkylation sites (N-methyl/N-ethyl adjacent to an activating group) is 1. The SMILES string of the molecule is CO[C@H]1C[C@@H](N)[C@@H](O[C@H]2O[C@H]([C@H](C)N)CC[C@H]2N)[C@H](O)[C@@H]1N(C)C(=O)CNC=O. The summed E-state index contributed by atoms with van der Waals surface area (Å²) in [5.74, 6) is -0.375. The predicted molar refractivity (Wildman–Crippen MR) is 104 cm³/mol. The molecule has 1 heterocycles. The lowest BCUT2D eigenvalue weighted by Gasteiger charge is -2.48. The summed E-state index contributed by atoms with van der Waals surface area (Å²) in [6.45, 7) is 1.66. The topological polar surface area (TPSA) is 175 Å². The van der Waals surface area contributed by atoms with E-state index in [2.05, 4.69) is 5.32 Å². The number of nitrogens with zero attached hydrogens (tertiary/aromatic N) is 1. The normalized spacial score (nSPS) is 38.9. The molecule has 2 rings (SSSR count). The fraction of sp³-hybridized carbons (Fsp3) is 0.889. The molecule has 29 heavy (non-hydrogen) atoms. The molecular weight excluding hydrogens is 382 g/mol. The van der Waals surface area contributed by atoms with Crippen LogP contribution in [0.5, 0.6) is 0 Å². The molecule has 0 aromatic rings. The number of hydrogen-bond donors (Lipinski definition) is 5. The van der Waals surface area contributed by atoms with Crippen molar-refractivity contribution < 1.29 is 28.9 Å². The van der Waals surface area contributed by atoms with Crippen molar-refractivity contribution in [3.05, 3.63) is 0 Å². The average molecular weight is 418 g/mol. The number of ether oxygens (including phenoxy) is 3. The third-order valence-electron chi connectivity index (χ3n) is 5.79. The second-order valence-corrected chi connectivity index (χ2v) is 7.90. The summed E-state index contributed by atoms with van der Waals surface area (Å²) >= 11 is 0. The quantitative estimate of drug-likeness (QED) is 0.262. The zero-order valence-electron chi connectivity index (χ0n) is 17.3. The summed E-state index contributed by atoms with van der Waals surface area (Å²) in [5.41, 5.74) is 18.4. The van der Waals surface area contributed by atoms with Crippen LogP contribution in [0.25, 0.3) is 0 Å². The smallest absolute Gasteiger partial charge is 0.242 e. The van der Waals surface area contributed by atoms with Gasteiger partial charge in [-0.2, -0.15) is 0 Å². The molecule has 2 amide bonds. The first-order chi connectivity index (χ1) is 13.7. The number of methoxy groups -OCH3 is 1. The molecule has 2 fully saturated rings. The van der Waals surface area contributed by atoms with E-state index in [4.69, 9.17) is 31.4 Å². The molecule has 0 aromatic heterocycles. The third kappa shape index (κ3) is 5.63. The third-order valence-corrected chi connectivity index (χ3v) is 5.79. The van der Waals surface area contributed by atoms with Crippen molar-refractivity contribution in [3.8, 4) is 0 Å². The lowest BCUT2D eigenvalue weighted by Crippen LogP contribution is -2.67. The Morgan fingerprint density at radius 3 is 2.66 bits per heavy atom. The van der Waals surface area contributed by atoms with E-state index in [0.717, 1.165) is 6.42 Å². The lowest BCUT2D eigenvalue weighted by molar-refractivity contribution is -0.257. The van der Waals surface area contributed by atoms with Gasteiger partial charge in [0, 0.05) is 26.2 Å². The number of aliphatic hydroxyl groups is 1. The Hall–Kier alpha value is -1.34. The number of carbonyl (C=O) groups excluding carboxylic acids is 2. The Balaban J connectivity index is 2.14. The van der Waals surface area contributed by atoms with Crippen molar-refractivity contribution in [1.29, 1.82) is 0 Å². The van der Waals surface area contributed by atoms with Gasteiger partial charge < -0.3 is 46.7 Å². The molecule has 1 saturated heterocycles. The average Bonchev–Trinajstić information content (AvgIpc) is 2.69. The monoisotopic (exact) mass is 417 g/mol. The fourth-order valence-electron chi connectivity index (χ4n) is 4.03. The van der Waals surface area contributed by atoms with Crippen LogP contribution in [0.4, 0.5) is 0 Å². The van der Waals surface area contributed by atoms with E-state index in [1.807, 2.05) is 6.92 Å². The molecule has 9 atom stereocenters. The molecule has 0 spiro atoms. The molecular formula is C18H35N5O6. The maximum Gasteiger partial charge on any atom is 0.242 e. The van der Waals surface area contributed by atoms with Crippen molar-refractivity contribution in [3.63, 3.8) is 0 Å². The van der Waals surface area contributed by atoms with Crippen LogP contribution in [-0.2, 0) is 23.8 Å². The number of nitrogens with two attached hydrogens (primary N) is 3. The first-order valence-electron chi connectivity index (χ1n) is 9.92. The van der Waals surface area contributed by atoms with Gasteiger partial charge in [-0.05, 0) is 26.2 Å². The van der Waals surface area contributed by atoms with Crippen molar-refractivity contribution >= 4 is 12.3 Å². The number of aliphatic hydroxyl groups excluding tert-OH is 1. The van der Waals surface area contributed by atoms with E-state index in [-0.39, 0.29) is 30.6 Å². The molecule has 11 heteroatoms. The fourth-order valence-corrected chi connectivity index (χ4v) is 4.03. The van der Waals surface area contributed by atoms with Crippen molar-refractivity contribution in [2.75, 3.05) is 20.7 Å². The zero-order chi connectivity index (χ0) is 21.7. The van der Waals surface area contributed by atoms with Crippen LogP contribution >= 0.6 is 0 Å². The van der Waals surface area contributed by atoms with Gasteiger partial charge in [-0.3, -0.25) is 9.59 Å². The first kappa shape index (κ1) is 23.9. The molecule has 2 aliphatic rings. The molecule has 1 saturated carbocycles. The Labute approximate surface area is 171 Å². The second kappa shape index (κ2) is 10.6. The lowest BCUT2D eigenvalue weighted by atomic mass is 9.83. The van der Waals surface area contributed by atoms with Crippen LogP contribution in [-0.4, -0.2) is 97.9 Å². The predicted octanol–water partition coefficient (Wildman–Crippen LogP) is -2.77. The van der Waals surface area contributed by atoms with Gasteiger partial charge in [-0.15, -0.1) is 0 Å². The summed E-state index contributed by atoms with van der Waals surface area (Å²) in [6.07, 6.45) is -1.20. The van der Waals surface area contributed by atoms with Crippen molar-refractivity contribution in [2.24, 2.45) is 17.2 Å². The summed E-state index contributed by atoms with van der Waals surface area (Å²) in [4.78, 5) is 24.2. The first-order valence-corrected chi connectivity index (χ1v) is 9.92.